The van der Waals surface area contributed by atoms with Gasteiger partial charge in [0.15, 0.2) is 16.8 Å². The Morgan fingerprint density at radius 3 is 2.43 bits per heavy atom. The highest BCUT2D eigenvalue weighted by Gasteiger charge is 2.16. The maximum Gasteiger partial charge on any atom is 0.257 e. The van der Waals surface area contributed by atoms with Gasteiger partial charge in [-0.25, -0.2) is 23.4 Å². The van der Waals surface area contributed by atoms with Crippen LogP contribution < -0.4 is 21.3 Å². The van der Waals surface area contributed by atoms with Gasteiger partial charge in [0.25, 0.3) is 10.0 Å². The second-order valence-corrected chi connectivity index (χ2v) is 9.36. The van der Waals surface area contributed by atoms with Gasteiger partial charge in [-0.3, -0.25) is 5.43 Å². The Bertz CT molecular complexity index is 1320. The average molecular weight is 442 g/mol. The van der Waals surface area contributed by atoms with Crippen LogP contribution in [0, 0.1) is 13.8 Å². The van der Waals surface area contributed by atoms with Gasteiger partial charge >= 0.3 is 0 Å². The molecule has 4 aromatic rings. The Hall–Kier alpha value is -3.28. The Kier molecular flexibility index (Phi) is 5.24. The molecule has 11 heteroatoms. The Labute approximate surface area is 177 Å². The summed E-state index contributed by atoms with van der Waals surface area (Å²) in [6, 6.07) is 12.5. The third-order valence-electron chi connectivity index (χ3n) is 4.29. The van der Waals surface area contributed by atoms with Crippen LogP contribution in [0.5, 0.6) is 0 Å². The van der Waals surface area contributed by atoms with Crippen LogP contribution in [0.1, 0.15) is 11.1 Å². The number of benzene rings is 2. The number of fused-ring (bicyclic) bond motifs is 1. The van der Waals surface area contributed by atoms with Crippen LogP contribution in [-0.4, -0.2) is 23.4 Å². The number of thiazole rings is 1. The van der Waals surface area contributed by atoms with E-state index in [1.54, 1.807) is 12.1 Å². The molecule has 0 fully saturated rings. The SMILES string of the molecule is Cc1ccc(S(=O)(=O)NNc2ncnc(Nc3nc4ccc(C)cc4s3)c2N)cc1. The van der Waals surface area contributed by atoms with Crippen LogP contribution in [0.25, 0.3) is 10.2 Å². The second-order valence-electron chi connectivity index (χ2n) is 6.64. The number of nitrogen functional groups attached to an aromatic ring is 1. The summed E-state index contributed by atoms with van der Waals surface area (Å²) < 4.78 is 25.9. The standard InChI is InChI=1S/C19H19N7O2S2/c1-11-3-6-13(7-4-11)30(27,28)26-25-18-16(20)17(21-10-22-18)24-19-23-14-8-5-12(2)9-15(14)29-19/h3-10,26H,20H2,1-2H3,(H2,21,22,23,24,25). The molecular formula is C19H19N7O2S2. The molecule has 0 bridgehead atoms. The van der Waals surface area contributed by atoms with Crippen molar-refractivity contribution < 1.29 is 8.42 Å². The summed E-state index contributed by atoms with van der Waals surface area (Å²) in [5, 5.41) is 3.69. The van der Waals surface area contributed by atoms with Gasteiger partial charge in [-0.05, 0) is 43.7 Å². The van der Waals surface area contributed by atoms with Gasteiger partial charge in [-0.2, -0.15) is 0 Å². The first-order chi connectivity index (χ1) is 14.3. The lowest BCUT2D eigenvalue weighted by Crippen LogP contribution is -2.30. The fourth-order valence-corrected chi connectivity index (χ4v) is 4.48. The number of nitrogens with one attached hydrogen (secondary N) is 3. The number of hydrogen-bond acceptors (Lipinski definition) is 9. The van der Waals surface area contributed by atoms with Gasteiger partial charge < -0.3 is 11.1 Å². The van der Waals surface area contributed by atoms with Crippen LogP contribution in [-0.2, 0) is 10.0 Å². The highest BCUT2D eigenvalue weighted by atomic mass is 32.2. The summed E-state index contributed by atoms with van der Waals surface area (Å²) in [6.07, 6.45) is 1.28. The topological polar surface area (TPSA) is 135 Å². The molecule has 9 nitrogen and oxygen atoms in total. The zero-order valence-corrected chi connectivity index (χ0v) is 17.8. The number of nitrogens with two attached hydrogens (primary N) is 1. The lowest BCUT2D eigenvalue weighted by atomic mass is 10.2. The maximum atomic E-state index is 12.4. The Morgan fingerprint density at radius 1 is 0.967 bits per heavy atom. The molecule has 0 atom stereocenters. The molecule has 0 unspecified atom stereocenters. The third kappa shape index (κ3) is 4.17. The van der Waals surface area contributed by atoms with Crippen molar-refractivity contribution in [3.63, 3.8) is 0 Å². The molecule has 0 spiro atoms. The molecule has 2 aromatic carbocycles. The molecule has 5 N–H and O–H groups in total. The maximum absolute atomic E-state index is 12.4. The number of hydrogen-bond donors (Lipinski definition) is 4. The third-order valence-corrected chi connectivity index (χ3v) is 6.49. The van der Waals surface area contributed by atoms with Gasteiger partial charge in [0.05, 0.1) is 15.1 Å². The van der Waals surface area contributed by atoms with Crippen LogP contribution in [0.2, 0.25) is 0 Å². The average Bonchev–Trinajstić information content (AvgIpc) is 3.10. The van der Waals surface area contributed by atoms with E-state index < -0.39 is 10.0 Å². The minimum atomic E-state index is -3.79. The van der Waals surface area contributed by atoms with E-state index in [9.17, 15) is 8.42 Å². The first-order valence-electron chi connectivity index (χ1n) is 8.91. The predicted molar refractivity (Wildman–Crippen MR) is 119 cm³/mol. The smallest absolute Gasteiger partial charge is 0.257 e. The summed E-state index contributed by atoms with van der Waals surface area (Å²) >= 11 is 1.47. The molecule has 0 saturated heterocycles. The number of sulfonamides is 1. The quantitative estimate of drug-likeness (QED) is 0.335. The molecule has 0 aliphatic rings. The van der Waals surface area contributed by atoms with Crippen molar-refractivity contribution in [2.75, 3.05) is 16.5 Å². The Morgan fingerprint density at radius 2 is 1.67 bits per heavy atom. The monoisotopic (exact) mass is 441 g/mol. The van der Waals surface area contributed by atoms with Crippen LogP contribution in [0.3, 0.4) is 0 Å². The fourth-order valence-electron chi connectivity index (χ4n) is 2.67. The first-order valence-corrected chi connectivity index (χ1v) is 11.2. The van der Waals surface area contributed by atoms with E-state index in [-0.39, 0.29) is 16.4 Å². The number of rotatable bonds is 6. The molecule has 0 aliphatic carbocycles. The van der Waals surface area contributed by atoms with E-state index in [4.69, 9.17) is 5.73 Å². The molecule has 4 rings (SSSR count). The van der Waals surface area contributed by atoms with E-state index >= 15 is 0 Å². The van der Waals surface area contributed by atoms with Crippen molar-refractivity contribution in [2.45, 2.75) is 18.7 Å². The Balaban J connectivity index is 1.53. The van der Waals surface area contributed by atoms with Crippen molar-refractivity contribution in [3.05, 3.63) is 59.9 Å². The van der Waals surface area contributed by atoms with Crippen LogP contribution in [0.4, 0.5) is 22.5 Å². The fraction of sp³-hybridized carbons (Fsp3) is 0.105. The van der Waals surface area contributed by atoms with E-state index in [2.05, 4.69) is 30.5 Å². The molecule has 154 valence electrons. The highest BCUT2D eigenvalue weighted by Crippen LogP contribution is 2.31. The van der Waals surface area contributed by atoms with E-state index in [0.717, 1.165) is 21.3 Å². The molecule has 2 aromatic heterocycles. The minimum absolute atomic E-state index is 0.122. The normalized spacial score (nSPS) is 11.5. The summed E-state index contributed by atoms with van der Waals surface area (Å²) in [6.45, 7) is 3.90. The summed E-state index contributed by atoms with van der Waals surface area (Å²) in [5.74, 6) is 0.443. The molecule has 0 aliphatic heterocycles. The van der Waals surface area contributed by atoms with Gasteiger partial charge in [-0.15, -0.1) is 4.83 Å². The minimum Gasteiger partial charge on any atom is -0.393 e. The van der Waals surface area contributed by atoms with Crippen LogP contribution in [0.15, 0.2) is 53.7 Å². The van der Waals surface area contributed by atoms with Gasteiger partial charge in [0.1, 0.15) is 12.0 Å². The van der Waals surface area contributed by atoms with Crippen molar-refractivity contribution in [3.8, 4) is 0 Å². The first kappa shape index (κ1) is 20.0. The van der Waals surface area contributed by atoms with Gasteiger partial charge in [0.2, 0.25) is 0 Å². The lowest BCUT2D eigenvalue weighted by molar-refractivity contribution is 0.587. The number of aromatic nitrogens is 3. The largest absolute Gasteiger partial charge is 0.393 e. The number of aryl methyl sites for hydroxylation is 2. The van der Waals surface area contributed by atoms with Crippen LogP contribution >= 0.6 is 11.3 Å². The molecule has 30 heavy (non-hydrogen) atoms. The summed E-state index contributed by atoms with van der Waals surface area (Å²) in [4.78, 5) is 15.1. The zero-order chi connectivity index (χ0) is 21.3. The van der Waals surface area contributed by atoms with E-state index in [0.29, 0.717) is 10.9 Å². The van der Waals surface area contributed by atoms with E-state index in [1.165, 1.54) is 29.8 Å². The van der Waals surface area contributed by atoms with Crippen molar-refractivity contribution in [1.82, 2.24) is 19.8 Å². The van der Waals surface area contributed by atoms with E-state index in [1.807, 2.05) is 32.0 Å². The summed E-state index contributed by atoms with van der Waals surface area (Å²) in [7, 11) is -3.79. The summed E-state index contributed by atoms with van der Waals surface area (Å²) in [5.41, 5.74) is 11.8. The highest BCUT2D eigenvalue weighted by molar-refractivity contribution is 7.89. The predicted octanol–water partition coefficient (Wildman–Crippen LogP) is 3.33. The van der Waals surface area contributed by atoms with Crippen molar-refractivity contribution in [1.29, 1.82) is 0 Å². The lowest BCUT2D eigenvalue weighted by Gasteiger charge is -2.12. The second kappa shape index (κ2) is 7.86. The molecule has 0 amide bonds. The molecule has 0 radical (unpaired) electrons. The van der Waals surface area contributed by atoms with Gasteiger partial charge in [0, 0.05) is 0 Å². The number of hydrazine groups is 1. The zero-order valence-electron chi connectivity index (χ0n) is 16.2. The molecule has 2 heterocycles. The molecule has 0 saturated carbocycles. The molecular weight excluding hydrogens is 422 g/mol. The number of nitrogens with zero attached hydrogens (tertiary/aromatic N) is 3. The van der Waals surface area contributed by atoms with Crippen molar-refractivity contribution >= 4 is 54.0 Å². The number of anilines is 4. The van der Waals surface area contributed by atoms with Gasteiger partial charge in [-0.1, -0.05) is 35.1 Å². The van der Waals surface area contributed by atoms with Crippen molar-refractivity contribution in [2.24, 2.45) is 0 Å².